The summed E-state index contributed by atoms with van der Waals surface area (Å²) in [6, 6.07) is 8.29. The fourth-order valence-electron chi connectivity index (χ4n) is 3.25. The van der Waals surface area contributed by atoms with Gasteiger partial charge in [-0.15, -0.1) is 0 Å². The lowest BCUT2D eigenvalue weighted by molar-refractivity contribution is 0.0340. The average Bonchev–Trinajstić information content (AvgIpc) is 2.87. The summed E-state index contributed by atoms with van der Waals surface area (Å²) in [5, 5.41) is 7.37. The normalized spacial score (nSPS) is 15.3. The Balaban J connectivity index is 1.67. The Morgan fingerprint density at radius 1 is 1.20 bits per heavy atom. The van der Waals surface area contributed by atoms with Crippen molar-refractivity contribution in [1.29, 1.82) is 0 Å². The van der Waals surface area contributed by atoms with Crippen LogP contribution in [0.2, 0.25) is 0 Å². The van der Waals surface area contributed by atoms with Crippen molar-refractivity contribution in [3.63, 3.8) is 0 Å². The molecule has 0 atom stereocenters. The first kappa shape index (κ1) is 17.6. The molecule has 25 heavy (non-hydrogen) atoms. The van der Waals surface area contributed by atoms with E-state index in [-0.39, 0.29) is 5.91 Å². The number of nitrogens with zero attached hydrogens (tertiary/aromatic N) is 3. The van der Waals surface area contributed by atoms with Crippen LogP contribution >= 0.6 is 0 Å². The van der Waals surface area contributed by atoms with Gasteiger partial charge in [-0.3, -0.25) is 14.4 Å². The fourth-order valence-corrected chi connectivity index (χ4v) is 3.25. The first-order valence-corrected chi connectivity index (χ1v) is 8.71. The Hall–Kier alpha value is -2.18. The van der Waals surface area contributed by atoms with Crippen molar-refractivity contribution >= 4 is 5.91 Å². The van der Waals surface area contributed by atoms with Crippen LogP contribution in [0.25, 0.3) is 0 Å². The number of benzene rings is 1. The van der Waals surface area contributed by atoms with E-state index in [1.54, 1.807) is 4.68 Å². The molecule has 3 rings (SSSR count). The number of amides is 1. The van der Waals surface area contributed by atoms with Gasteiger partial charge in [0, 0.05) is 38.9 Å². The highest BCUT2D eigenvalue weighted by atomic mass is 16.5. The highest BCUT2D eigenvalue weighted by Crippen LogP contribution is 2.15. The number of hydrogen-bond donors (Lipinski definition) is 1. The molecular weight excluding hydrogens is 316 g/mol. The number of morpholine rings is 1. The number of hydrogen-bond acceptors (Lipinski definition) is 4. The molecule has 1 amide bonds. The highest BCUT2D eigenvalue weighted by molar-refractivity contribution is 5.96. The predicted octanol–water partition coefficient (Wildman–Crippen LogP) is 1.80. The van der Waals surface area contributed by atoms with Crippen LogP contribution in [0.5, 0.6) is 0 Å². The average molecular weight is 342 g/mol. The van der Waals surface area contributed by atoms with Gasteiger partial charge in [-0.25, -0.2) is 0 Å². The topological polar surface area (TPSA) is 59.4 Å². The summed E-state index contributed by atoms with van der Waals surface area (Å²) in [6.07, 6.45) is 0. The van der Waals surface area contributed by atoms with E-state index in [9.17, 15) is 4.79 Å². The molecule has 2 heterocycles. The van der Waals surface area contributed by atoms with Gasteiger partial charge in [0.2, 0.25) is 0 Å². The van der Waals surface area contributed by atoms with Gasteiger partial charge < -0.3 is 10.1 Å². The molecular formula is C19H26N4O2. The van der Waals surface area contributed by atoms with Gasteiger partial charge in [-0.05, 0) is 25.0 Å². The lowest BCUT2D eigenvalue weighted by atomic mass is 10.1. The number of aromatic nitrogens is 2. The molecule has 134 valence electrons. The van der Waals surface area contributed by atoms with Gasteiger partial charge in [0.05, 0.1) is 24.5 Å². The minimum absolute atomic E-state index is 0.0655. The van der Waals surface area contributed by atoms with E-state index >= 15 is 0 Å². The Labute approximate surface area is 148 Å². The molecule has 1 aromatic heterocycles. The van der Waals surface area contributed by atoms with Gasteiger partial charge in [0.15, 0.2) is 0 Å². The molecule has 0 radical (unpaired) electrons. The van der Waals surface area contributed by atoms with Crippen molar-refractivity contribution in [2.24, 2.45) is 7.05 Å². The third-order valence-electron chi connectivity index (χ3n) is 4.79. The lowest BCUT2D eigenvalue weighted by Gasteiger charge is -2.27. The lowest BCUT2D eigenvalue weighted by Crippen LogP contribution is -2.36. The van der Waals surface area contributed by atoms with Crippen LogP contribution in [0.1, 0.15) is 32.9 Å². The Bertz CT molecular complexity index is 748. The zero-order valence-corrected chi connectivity index (χ0v) is 15.2. The number of ether oxygens (including phenoxy) is 1. The second kappa shape index (κ2) is 7.80. The van der Waals surface area contributed by atoms with Gasteiger partial charge in [-0.1, -0.05) is 24.3 Å². The second-order valence-corrected chi connectivity index (χ2v) is 6.51. The first-order chi connectivity index (χ1) is 12.1. The third kappa shape index (κ3) is 4.08. The molecule has 0 unspecified atom stereocenters. The van der Waals surface area contributed by atoms with E-state index in [0.29, 0.717) is 12.1 Å². The van der Waals surface area contributed by atoms with Crippen LogP contribution in [-0.4, -0.2) is 46.9 Å². The van der Waals surface area contributed by atoms with Crippen LogP contribution in [0.15, 0.2) is 24.3 Å². The third-order valence-corrected chi connectivity index (χ3v) is 4.79. The van der Waals surface area contributed by atoms with Crippen molar-refractivity contribution in [3.8, 4) is 0 Å². The van der Waals surface area contributed by atoms with Crippen LogP contribution in [0, 0.1) is 13.8 Å². The monoisotopic (exact) mass is 342 g/mol. The zero-order valence-electron chi connectivity index (χ0n) is 15.2. The summed E-state index contributed by atoms with van der Waals surface area (Å²) < 4.78 is 7.16. The Kier molecular flexibility index (Phi) is 5.50. The van der Waals surface area contributed by atoms with E-state index in [0.717, 1.165) is 49.8 Å². The number of carbonyl (C=O) groups excluding carboxylic acids is 1. The van der Waals surface area contributed by atoms with Gasteiger partial charge in [0.1, 0.15) is 0 Å². The molecule has 1 aliphatic heterocycles. The number of aryl methyl sites for hydroxylation is 2. The number of rotatable bonds is 5. The standard InChI is InChI=1S/C19H26N4O2/c1-14-18(15(2)22(3)21-14)19(24)20-12-16-6-4-5-7-17(16)13-23-8-10-25-11-9-23/h4-7H,8-13H2,1-3H3,(H,20,24). The molecule has 0 bridgehead atoms. The molecule has 0 saturated carbocycles. The van der Waals surface area contributed by atoms with Crippen molar-refractivity contribution < 1.29 is 9.53 Å². The van der Waals surface area contributed by atoms with Crippen molar-refractivity contribution in [2.45, 2.75) is 26.9 Å². The summed E-state index contributed by atoms with van der Waals surface area (Å²) >= 11 is 0. The fraction of sp³-hybridized carbons (Fsp3) is 0.474. The zero-order chi connectivity index (χ0) is 17.8. The second-order valence-electron chi connectivity index (χ2n) is 6.51. The minimum Gasteiger partial charge on any atom is -0.379 e. The molecule has 1 aliphatic rings. The first-order valence-electron chi connectivity index (χ1n) is 8.71. The molecule has 0 aliphatic carbocycles. The maximum absolute atomic E-state index is 12.6. The van der Waals surface area contributed by atoms with E-state index in [1.165, 1.54) is 5.56 Å². The van der Waals surface area contributed by atoms with Crippen molar-refractivity contribution in [2.75, 3.05) is 26.3 Å². The van der Waals surface area contributed by atoms with Crippen LogP contribution in [0.3, 0.4) is 0 Å². The number of carbonyl (C=O) groups is 1. The molecule has 1 fully saturated rings. The minimum atomic E-state index is -0.0655. The molecule has 0 spiro atoms. The maximum Gasteiger partial charge on any atom is 0.255 e. The van der Waals surface area contributed by atoms with Crippen molar-refractivity contribution in [1.82, 2.24) is 20.0 Å². The largest absolute Gasteiger partial charge is 0.379 e. The maximum atomic E-state index is 12.6. The van der Waals surface area contributed by atoms with Gasteiger partial charge in [-0.2, -0.15) is 5.10 Å². The Morgan fingerprint density at radius 3 is 2.52 bits per heavy atom. The summed E-state index contributed by atoms with van der Waals surface area (Å²) in [5.74, 6) is -0.0655. The molecule has 1 N–H and O–H groups in total. The summed E-state index contributed by atoms with van der Waals surface area (Å²) in [7, 11) is 1.86. The van der Waals surface area contributed by atoms with Crippen molar-refractivity contribution in [3.05, 3.63) is 52.3 Å². The smallest absolute Gasteiger partial charge is 0.255 e. The van der Waals surface area contributed by atoms with Gasteiger partial charge >= 0.3 is 0 Å². The van der Waals surface area contributed by atoms with Crippen LogP contribution < -0.4 is 5.32 Å². The molecule has 6 heteroatoms. The van der Waals surface area contributed by atoms with E-state index in [1.807, 2.05) is 27.0 Å². The molecule has 1 saturated heterocycles. The Morgan fingerprint density at radius 2 is 1.88 bits per heavy atom. The highest BCUT2D eigenvalue weighted by Gasteiger charge is 2.18. The molecule has 2 aromatic rings. The van der Waals surface area contributed by atoms with E-state index in [2.05, 4.69) is 33.5 Å². The van der Waals surface area contributed by atoms with E-state index < -0.39 is 0 Å². The van der Waals surface area contributed by atoms with Crippen LogP contribution in [0.4, 0.5) is 0 Å². The summed E-state index contributed by atoms with van der Waals surface area (Å²) in [4.78, 5) is 15.0. The predicted molar refractivity (Wildman–Crippen MR) is 96.4 cm³/mol. The number of nitrogens with one attached hydrogen (secondary N) is 1. The summed E-state index contributed by atoms with van der Waals surface area (Å²) in [5.41, 5.74) is 4.73. The molecule has 6 nitrogen and oxygen atoms in total. The SMILES string of the molecule is Cc1nn(C)c(C)c1C(=O)NCc1ccccc1CN1CCOCC1. The summed E-state index contributed by atoms with van der Waals surface area (Å²) in [6.45, 7) is 8.68. The molecule has 1 aromatic carbocycles. The van der Waals surface area contributed by atoms with Gasteiger partial charge in [0.25, 0.3) is 5.91 Å². The van der Waals surface area contributed by atoms with Crippen LogP contribution in [-0.2, 0) is 24.9 Å². The van der Waals surface area contributed by atoms with E-state index in [4.69, 9.17) is 4.74 Å². The quantitative estimate of drug-likeness (QED) is 0.900.